The van der Waals surface area contributed by atoms with Crippen LogP contribution >= 0.6 is 0 Å². The number of anilines is 2. The molecule has 0 amide bonds. The van der Waals surface area contributed by atoms with Gasteiger partial charge in [0, 0.05) is 23.8 Å². The van der Waals surface area contributed by atoms with Gasteiger partial charge >= 0.3 is 0 Å². The van der Waals surface area contributed by atoms with Gasteiger partial charge in [0.05, 0.1) is 17.8 Å². The molecule has 21 heavy (non-hydrogen) atoms. The summed E-state index contributed by atoms with van der Waals surface area (Å²) < 4.78 is 0. The first-order valence-electron chi connectivity index (χ1n) is 6.83. The molecule has 4 nitrogen and oxygen atoms in total. The number of aliphatic hydroxyl groups excluding tert-OH is 1. The van der Waals surface area contributed by atoms with Crippen LogP contribution in [0.4, 0.5) is 11.4 Å². The Hall–Kier alpha value is -2.59. The van der Waals surface area contributed by atoms with E-state index in [4.69, 9.17) is 5.73 Å². The number of nitrogens with two attached hydrogens (primary N) is 1. The molecule has 0 aliphatic carbocycles. The molecule has 0 aliphatic heterocycles. The number of hydrogen-bond donors (Lipinski definition) is 3. The van der Waals surface area contributed by atoms with E-state index in [9.17, 15) is 5.11 Å². The molecule has 0 bridgehead atoms. The smallest absolute Gasteiger partial charge is 0.0951 e. The fourth-order valence-electron chi connectivity index (χ4n) is 2.38. The Labute approximate surface area is 123 Å². The van der Waals surface area contributed by atoms with Crippen molar-refractivity contribution in [3.63, 3.8) is 0 Å². The van der Waals surface area contributed by atoms with Crippen molar-refractivity contribution in [1.29, 1.82) is 0 Å². The molecule has 0 saturated heterocycles. The zero-order valence-corrected chi connectivity index (χ0v) is 11.6. The monoisotopic (exact) mass is 279 g/mol. The van der Waals surface area contributed by atoms with Gasteiger partial charge in [0.1, 0.15) is 0 Å². The molecule has 0 radical (unpaired) electrons. The molecule has 2 aromatic carbocycles. The third-order valence-electron chi connectivity index (χ3n) is 3.46. The summed E-state index contributed by atoms with van der Waals surface area (Å²) in [6, 6.07) is 15.6. The van der Waals surface area contributed by atoms with Crippen LogP contribution in [-0.2, 0) is 13.2 Å². The zero-order chi connectivity index (χ0) is 14.7. The summed E-state index contributed by atoms with van der Waals surface area (Å²) in [4.78, 5) is 4.33. The molecule has 0 unspecified atom stereocenters. The van der Waals surface area contributed by atoms with E-state index < -0.39 is 0 Å². The maximum absolute atomic E-state index is 9.18. The molecule has 0 atom stereocenters. The van der Waals surface area contributed by atoms with Gasteiger partial charge in [-0.3, -0.25) is 4.98 Å². The Morgan fingerprint density at radius 3 is 2.76 bits per heavy atom. The van der Waals surface area contributed by atoms with Crippen molar-refractivity contribution in [2.24, 2.45) is 0 Å². The maximum atomic E-state index is 9.18. The van der Waals surface area contributed by atoms with E-state index in [-0.39, 0.29) is 6.61 Å². The largest absolute Gasteiger partial charge is 0.397 e. The molecule has 1 heterocycles. The van der Waals surface area contributed by atoms with Crippen molar-refractivity contribution in [3.8, 4) is 0 Å². The molecule has 3 aromatic rings. The van der Waals surface area contributed by atoms with Crippen LogP contribution in [0.15, 0.2) is 54.7 Å². The van der Waals surface area contributed by atoms with Crippen LogP contribution in [0.1, 0.15) is 11.1 Å². The Morgan fingerprint density at radius 1 is 1.05 bits per heavy atom. The van der Waals surface area contributed by atoms with Crippen LogP contribution in [0.5, 0.6) is 0 Å². The van der Waals surface area contributed by atoms with Crippen molar-refractivity contribution in [2.75, 3.05) is 11.1 Å². The third-order valence-corrected chi connectivity index (χ3v) is 3.46. The number of aliphatic hydroxyl groups is 1. The Morgan fingerprint density at radius 2 is 1.90 bits per heavy atom. The van der Waals surface area contributed by atoms with Crippen molar-refractivity contribution in [3.05, 3.63) is 65.9 Å². The van der Waals surface area contributed by atoms with Crippen LogP contribution in [0.2, 0.25) is 0 Å². The van der Waals surface area contributed by atoms with Gasteiger partial charge in [-0.05, 0) is 35.4 Å². The average molecular weight is 279 g/mol. The lowest BCUT2D eigenvalue weighted by atomic mass is 10.1. The van der Waals surface area contributed by atoms with Crippen molar-refractivity contribution >= 4 is 22.3 Å². The minimum atomic E-state index is 0.0581. The molecule has 1 aromatic heterocycles. The summed E-state index contributed by atoms with van der Waals surface area (Å²) in [5.41, 5.74) is 10.5. The quantitative estimate of drug-likeness (QED) is 0.642. The summed E-state index contributed by atoms with van der Waals surface area (Å²) in [7, 11) is 0. The molecular formula is C17H17N3O. The van der Waals surface area contributed by atoms with Crippen LogP contribution in [0.25, 0.3) is 10.9 Å². The highest BCUT2D eigenvalue weighted by Crippen LogP contribution is 2.26. The van der Waals surface area contributed by atoms with Crippen LogP contribution in [0, 0.1) is 0 Å². The summed E-state index contributed by atoms with van der Waals surface area (Å²) in [5, 5.41) is 13.6. The Kier molecular flexibility index (Phi) is 3.71. The number of nitrogens with zero attached hydrogens (tertiary/aromatic N) is 1. The Balaban J connectivity index is 1.87. The Bertz CT molecular complexity index is 771. The second-order valence-corrected chi connectivity index (χ2v) is 4.93. The highest BCUT2D eigenvalue weighted by molar-refractivity contribution is 5.98. The van der Waals surface area contributed by atoms with E-state index >= 15 is 0 Å². The van der Waals surface area contributed by atoms with E-state index in [0.29, 0.717) is 12.2 Å². The lowest BCUT2D eigenvalue weighted by Gasteiger charge is -2.11. The lowest BCUT2D eigenvalue weighted by Crippen LogP contribution is -2.02. The first-order valence-corrected chi connectivity index (χ1v) is 6.83. The SMILES string of the molecule is Nc1ccc(NCc2cccc(CO)c2)c2cccnc12. The standard InChI is InChI=1S/C17H17N3O/c18-15-6-7-16(14-5-2-8-19-17(14)15)20-10-12-3-1-4-13(9-12)11-21/h1-9,20-21H,10-11,18H2. The van der Waals surface area contributed by atoms with Gasteiger partial charge in [0.25, 0.3) is 0 Å². The van der Waals surface area contributed by atoms with Crippen molar-refractivity contribution in [2.45, 2.75) is 13.2 Å². The van der Waals surface area contributed by atoms with Gasteiger partial charge < -0.3 is 16.2 Å². The number of nitrogens with one attached hydrogen (secondary N) is 1. The van der Waals surface area contributed by atoms with Gasteiger partial charge in [-0.2, -0.15) is 0 Å². The predicted molar refractivity (Wildman–Crippen MR) is 85.8 cm³/mol. The van der Waals surface area contributed by atoms with E-state index in [2.05, 4.69) is 10.3 Å². The molecule has 4 heteroatoms. The second kappa shape index (κ2) is 5.81. The highest BCUT2D eigenvalue weighted by atomic mass is 16.3. The maximum Gasteiger partial charge on any atom is 0.0951 e. The van der Waals surface area contributed by atoms with Crippen molar-refractivity contribution < 1.29 is 5.11 Å². The van der Waals surface area contributed by atoms with Gasteiger partial charge in [0.15, 0.2) is 0 Å². The lowest BCUT2D eigenvalue weighted by molar-refractivity contribution is 0.281. The summed E-state index contributed by atoms with van der Waals surface area (Å²) in [5.74, 6) is 0. The number of benzene rings is 2. The second-order valence-electron chi connectivity index (χ2n) is 4.93. The predicted octanol–water partition coefficient (Wildman–Crippen LogP) is 2.92. The van der Waals surface area contributed by atoms with E-state index in [0.717, 1.165) is 27.7 Å². The van der Waals surface area contributed by atoms with Crippen molar-refractivity contribution in [1.82, 2.24) is 4.98 Å². The first kappa shape index (κ1) is 13.4. The van der Waals surface area contributed by atoms with Gasteiger partial charge in [-0.15, -0.1) is 0 Å². The van der Waals surface area contributed by atoms with Crippen LogP contribution in [-0.4, -0.2) is 10.1 Å². The summed E-state index contributed by atoms with van der Waals surface area (Å²) in [6.07, 6.45) is 1.74. The fourth-order valence-corrected chi connectivity index (χ4v) is 2.38. The van der Waals surface area contributed by atoms with Gasteiger partial charge in [-0.1, -0.05) is 24.3 Å². The molecule has 0 saturated carbocycles. The number of hydrogen-bond acceptors (Lipinski definition) is 4. The molecule has 0 aliphatic rings. The third kappa shape index (κ3) is 2.80. The van der Waals surface area contributed by atoms with Gasteiger partial charge in [0.2, 0.25) is 0 Å². The average Bonchev–Trinajstić information content (AvgIpc) is 2.55. The molecule has 0 fully saturated rings. The molecule has 0 spiro atoms. The fraction of sp³-hybridized carbons (Fsp3) is 0.118. The number of fused-ring (bicyclic) bond motifs is 1. The highest BCUT2D eigenvalue weighted by Gasteiger charge is 2.04. The topological polar surface area (TPSA) is 71.2 Å². The summed E-state index contributed by atoms with van der Waals surface area (Å²) >= 11 is 0. The normalized spacial score (nSPS) is 10.7. The van der Waals surface area contributed by atoms with Gasteiger partial charge in [-0.25, -0.2) is 0 Å². The number of rotatable bonds is 4. The minimum absolute atomic E-state index is 0.0581. The molecule has 106 valence electrons. The molecular weight excluding hydrogens is 262 g/mol. The number of pyridine rings is 1. The first-order chi connectivity index (χ1) is 10.3. The van der Waals surface area contributed by atoms with Crippen LogP contribution in [0.3, 0.4) is 0 Å². The minimum Gasteiger partial charge on any atom is -0.397 e. The summed E-state index contributed by atoms with van der Waals surface area (Å²) in [6.45, 7) is 0.740. The van der Waals surface area contributed by atoms with E-state index in [1.165, 1.54) is 0 Å². The number of nitrogen functional groups attached to an aromatic ring is 1. The zero-order valence-electron chi connectivity index (χ0n) is 11.6. The molecule has 4 N–H and O–H groups in total. The number of aromatic nitrogens is 1. The van der Waals surface area contributed by atoms with E-state index in [1.807, 2.05) is 48.5 Å². The van der Waals surface area contributed by atoms with Crippen LogP contribution < -0.4 is 11.1 Å². The molecule has 3 rings (SSSR count). The van der Waals surface area contributed by atoms with E-state index in [1.54, 1.807) is 6.20 Å².